The number of hydrogen-bond acceptors (Lipinski definition) is 3. The summed E-state index contributed by atoms with van der Waals surface area (Å²) in [5, 5.41) is 14.2. The molecule has 112 valence electrons. The van der Waals surface area contributed by atoms with E-state index in [0.717, 1.165) is 25.8 Å². The van der Waals surface area contributed by atoms with E-state index in [1.165, 1.54) is 12.0 Å². The summed E-state index contributed by atoms with van der Waals surface area (Å²) in [7, 11) is 0. The van der Waals surface area contributed by atoms with Crippen LogP contribution < -0.4 is 5.32 Å². The van der Waals surface area contributed by atoms with Crippen LogP contribution in [-0.4, -0.2) is 17.5 Å². The zero-order chi connectivity index (χ0) is 15.0. The largest absolute Gasteiger partial charge is 0.314 e. The van der Waals surface area contributed by atoms with Crippen LogP contribution in [0.1, 0.15) is 45.6 Å². The van der Waals surface area contributed by atoms with Crippen molar-refractivity contribution in [2.24, 2.45) is 5.92 Å². The molecule has 4 heteroatoms. The van der Waals surface area contributed by atoms with Crippen molar-refractivity contribution in [1.29, 1.82) is 0 Å². The van der Waals surface area contributed by atoms with Gasteiger partial charge in [0.25, 0.3) is 5.69 Å². The Morgan fingerprint density at radius 3 is 2.40 bits per heavy atom. The molecule has 1 aromatic carbocycles. The van der Waals surface area contributed by atoms with Gasteiger partial charge in [-0.1, -0.05) is 32.9 Å². The first-order valence-electron chi connectivity index (χ1n) is 7.49. The third-order valence-electron chi connectivity index (χ3n) is 3.37. The normalized spacial score (nSPS) is 12.6. The minimum atomic E-state index is -0.353. The number of non-ortho nitro benzene ring substituents is 1. The Morgan fingerprint density at radius 1 is 1.25 bits per heavy atom. The summed E-state index contributed by atoms with van der Waals surface area (Å²) in [5.41, 5.74) is 1.33. The maximum absolute atomic E-state index is 10.6. The molecule has 1 atom stereocenters. The van der Waals surface area contributed by atoms with Crippen molar-refractivity contribution in [3.05, 3.63) is 39.9 Å². The Labute approximate surface area is 121 Å². The Kier molecular flexibility index (Phi) is 7.23. The number of nitrogens with zero attached hydrogens (tertiary/aromatic N) is 1. The van der Waals surface area contributed by atoms with Gasteiger partial charge in [-0.25, -0.2) is 0 Å². The maximum Gasteiger partial charge on any atom is 0.269 e. The van der Waals surface area contributed by atoms with Crippen LogP contribution >= 0.6 is 0 Å². The van der Waals surface area contributed by atoms with Gasteiger partial charge in [-0.15, -0.1) is 0 Å². The van der Waals surface area contributed by atoms with E-state index in [-0.39, 0.29) is 10.6 Å². The molecule has 0 saturated heterocycles. The van der Waals surface area contributed by atoms with Crippen LogP contribution in [0.25, 0.3) is 0 Å². The zero-order valence-electron chi connectivity index (χ0n) is 12.8. The highest BCUT2D eigenvalue weighted by atomic mass is 16.6. The Bertz CT molecular complexity index is 401. The first-order chi connectivity index (χ1) is 9.52. The van der Waals surface area contributed by atoms with Gasteiger partial charge in [0, 0.05) is 18.2 Å². The van der Waals surface area contributed by atoms with E-state index in [1.54, 1.807) is 12.1 Å². The predicted molar refractivity (Wildman–Crippen MR) is 83.0 cm³/mol. The van der Waals surface area contributed by atoms with Crippen LogP contribution in [0, 0.1) is 16.0 Å². The summed E-state index contributed by atoms with van der Waals surface area (Å²) in [4.78, 5) is 10.3. The van der Waals surface area contributed by atoms with Crippen LogP contribution in [0.3, 0.4) is 0 Å². The van der Waals surface area contributed by atoms with E-state index in [1.807, 2.05) is 12.1 Å². The number of aryl methyl sites for hydroxylation is 1. The SMILES string of the molecule is CCCNC(CCc1ccc([N+](=O)[O-])cc1)CC(C)C. The molecule has 1 N–H and O–H groups in total. The van der Waals surface area contributed by atoms with Gasteiger partial charge in [-0.2, -0.15) is 0 Å². The Balaban J connectivity index is 2.50. The summed E-state index contributed by atoms with van der Waals surface area (Å²) in [5.74, 6) is 0.682. The first kappa shape index (κ1) is 16.6. The molecule has 0 aromatic heterocycles. The molecule has 0 fully saturated rings. The molecule has 0 aliphatic carbocycles. The van der Waals surface area contributed by atoms with Crippen LogP contribution in [0.2, 0.25) is 0 Å². The second-order valence-electron chi connectivity index (χ2n) is 5.74. The zero-order valence-corrected chi connectivity index (χ0v) is 12.8. The number of hydrogen-bond donors (Lipinski definition) is 1. The fourth-order valence-electron chi connectivity index (χ4n) is 2.35. The lowest BCUT2D eigenvalue weighted by atomic mass is 9.97. The highest BCUT2D eigenvalue weighted by molar-refractivity contribution is 5.32. The summed E-state index contributed by atoms with van der Waals surface area (Å²) in [6.45, 7) is 7.71. The van der Waals surface area contributed by atoms with Gasteiger partial charge >= 0.3 is 0 Å². The van der Waals surface area contributed by atoms with E-state index in [4.69, 9.17) is 0 Å². The monoisotopic (exact) mass is 278 g/mol. The second kappa shape index (κ2) is 8.69. The van der Waals surface area contributed by atoms with Crippen LogP contribution in [-0.2, 0) is 6.42 Å². The van der Waals surface area contributed by atoms with Crippen LogP contribution in [0.5, 0.6) is 0 Å². The number of rotatable bonds is 9. The summed E-state index contributed by atoms with van der Waals surface area (Å²) in [6, 6.07) is 7.44. The highest BCUT2D eigenvalue weighted by Crippen LogP contribution is 2.15. The number of nitro groups is 1. The second-order valence-corrected chi connectivity index (χ2v) is 5.74. The number of benzene rings is 1. The molecule has 0 aliphatic heterocycles. The molecular weight excluding hydrogens is 252 g/mol. The molecule has 0 aliphatic rings. The summed E-state index contributed by atoms with van der Waals surface area (Å²) < 4.78 is 0. The fraction of sp³-hybridized carbons (Fsp3) is 0.625. The van der Waals surface area contributed by atoms with E-state index in [9.17, 15) is 10.1 Å². The highest BCUT2D eigenvalue weighted by Gasteiger charge is 2.11. The molecule has 1 unspecified atom stereocenters. The van der Waals surface area contributed by atoms with Gasteiger partial charge in [0.2, 0.25) is 0 Å². The van der Waals surface area contributed by atoms with Gasteiger partial charge in [0.05, 0.1) is 4.92 Å². The molecule has 0 radical (unpaired) electrons. The van der Waals surface area contributed by atoms with Gasteiger partial charge in [0.15, 0.2) is 0 Å². The third-order valence-corrected chi connectivity index (χ3v) is 3.37. The van der Waals surface area contributed by atoms with Gasteiger partial charge in [0.1, 0.15) is 0 Å². The van der Waals surface area contributed by atoms with E-state index >= 15 is 0 Å². The van der Waals surface area contributed by atoms with Crippen molar-refractivity contribution in [1.82, 2.24) is 5.32 Å². The van der Waals surface area contributed by atoms with Gasteiger partial charge < -0.3 is 5.32 Å². The Hall–Kier alpha value is -1.42. The van der Waals surface area contributed by atoms with E-state index in [2.05, 4.69) is 26.1 Å². The van der Waals surface area contributed by atoms with Crippen molar-refractivity contribution >= 4 is 5.69 Å². The molecule has 1 rings (SSSR count). The standard InChI is InChI=1S/C16H26N2O2/c1-4-11-17-15(12-13(2)3)8-5-14-6-9-16(10-7-14)18(19)20/h6-7,9-10,13,15,17H,4-5,8,11-12H2,1-3H3. The molecule has 4 nitrogen and oxygen atoms in total. The molecule has 0 amide bonds. The third kappa shape index (κ3) is 6.15. The molecule has 0 spiro atoms. The molecule has 0 saturated carbocycles. The number of nitro benzene ring substituents is 1. The van der Waals surface area contributed by atoms with E-state index < -0.39 is 0 Å². The molecular formula is C16H26N2O2. The van der Waals surface area contributed by atoms with Crippen molar-refractivity contribution in [3.63, 3.8) is 0 Å². The molecule has 1 aromatic rings. The smallest absolute Gasteiger partial charge is 0.269 e. The van der Waals surface area contributed by atoms with Crippen LogP contribution in [0.15, 0.2) is 24.3 Å². The minimum absolute atomic E-state index is 0.164. The maximum atomic E-state index is 10.6. The van der Waals surface area contributed by atoms with Gasteiger partial charge in [-0.05, 0) is 43.7 Å². The lowest BCUT2D eigenvalue weighted by Gasteiger charge is -2.20. The summed E-state index contributed by atoms with van der Waals surface area (Å²) >= 11 is 0. The summed E-state index contributed by atoms with van der Waals surface area (Å²) in [6.07, 6.45) is 4.36. The average molecular weight is 278 g/mol. The quantitative estimate of drug-likeness (QED) is 0.550. The van der Waals surface area contributed by atoms with E-state index in [0.29, 0.717) is 12.0 Å². The lowest BCUT2D eigenvalue weighted by molar-refractivity contribution is -0.384. The minimum Gasteiger partial charge on any atom is -0.314 e. The lowest BCUT2D eigenvalue weighted by Crippen LogP contribution is -2.31. The first-order valence-corrected chi connectivity index (χ1v) is 7.49. The van der Waals surface area contributed by atoms with Crippen molar-refractivity contribution in [2.75, 3.05) is 6.54 Å². The number of nitrogens with one attached hydrogen (secondary N) is 1. The Morgan fingerprint density at radius 2 is 1.90 bits per heavy atom. The molecule has 0 heterocycles. The van der Waals surface area contributed by atoms with Crippen molar-refractivity contribution in [2.45, 2.75) is 52.5 Å². The average Bonchev–Trinajstić information content (AvgIpc) is 2.41. The van der Waals surface area contributed by atoms with Crippen molar-refractivity contribution < 1.29 is 4.92 Å². The fourth-order valence-corrected chi connectivity index (χ4v) is 2.35. The molecule has 0 bridgehead atoms. The molecule has 20 heavy (non-hydrogen) atoms. The van der Waals surface area contributed by atoms with Gasteiger partial charge in [-0.3, -0.25) is 10.1 Å². The topological polar surface area (TPSA) is 55.2 Å². The van der Waals surface area contributed by atoms with Crippen molar-refractivity contribution in [3.8, 4) is 0 Å². The predicted octanol–water partition coefficient (Wildman–Crippen LogP) is 3.94. The van der Waals surface area contributed by atoms with Crippen LogP contribution in [0.4, 0.5) is 5.69 Å².